The zero-order valence-electron chi connectivity index (χ0n) is 8.71. The number of nitrogens with zero attached hydrogens (tertiary/aromatic N) is 3. The second-order valence-electron chi connectivity index (χ2n) is 3.30. The van der Waals surface area contributed by atoms with Gasteiger partial charge in [-0.1, -0.05) is 22.0 Å². The van der Waals surface area contributed by atoms with E-state index in [2.05, 4.69) is 21.0 Å². The third kappa shape index (κ3) is 2.41. The average Bonchev–Trinajstić information content (AvgIpc) is 2.72. The van der Waals surface area contributed by atoms with Crippen LogP contribution in [0.25, 0.3) is 5.69 Å². The molecule has 1 heterocycles. The molecule has 5 nitrogen and oxygen atoms in total. The molecule has 0 amide bonds. The molecule has 0 atom stereocenters. The number of halogens is 2. The Labute approximate surface area is 116 Å². The fourth-order valence-corrected chi connectivity index (χ4v) is 2.99. The van der Waals surface area contributed by atoms with Crippen molar-refractivity contribution >= 4 is 35.7 Å². The first-order chi connectivity index (χ1) is 8.43. The van der Waals surface area contributed by atoms with Gasteiger partial charge in [0, 0.05) is 15.2 Å². The molecule has 0 unspecified atom stereocenters. The van der Waals surface area contributed by atoms with Gasteiger partial charge in [-0.15, -0.1) is 0 Å². The lowest BCUT2D eigenvalue weighted by molar-refractivity contribution is 0.599. The molecule has 0 radical (unpaired) electrons. The number of benzene rings is 1. The maximum absolute atomic E-state index is 11.5. The second kappa shape index (κ2) is 4.72. The van der Waals surface area contributed by atoms with Gasteiger partial charge in [-0.05, 0) is 18.2 Å². The van der Waals surface area contributed by atoms with Crippen molar-refractivity contribution in [3.05, 3.63) is 40.5 Å². The van der Waals surface area contributed by atoms with Crippen molar-refractivity contribution in [3.63, 3.8) is 0 Å². The van der Waals surface area contributed by atoms with Crippen LogP contribution in [0.4, 0.5) is 0 Å². The van der Waals surface area contributed by atoms with Crippen molar-refractivity contribution in [2.45, 2.75) is 5.03 Å². The second-order valence-corrected chi connectivity index (χ2v) is 6.70. The Hall–Kier alpha value is -1.36. The van der Waals surface area contributed by atoms with Gasteiger partial charge in [0.15, 0.2) is 5.03 Å². The average molecular weight is 347 g/mol. The summed E-state index contributed by atoms with van der Waals surface area (Å²) in [6.07, 6.45) is 1.16. The van der Waals surface area contributed by atoms with E-state index in [0.717, 1.165) is 15.4 Å². The van der Waals surface area contributed by atoms with E-state index in [4.69, 9.17) is 15.9 Å². The van der Waals surface area contributed by atoms with Crippen LogP contribution in [0, 0.1) is 11.3 Å². The van der Waals surface area contributed by atoms with Crippen LogP contribution in [-0.2, 0) is 9.05 Å². The zero-order chi connectivity index (χ0) is 13.3. The predicted molar refractivity (Wildman–Crippen MR) is 69.0 cm³/mol. The first kappa shape index (κ1) is 13.1. The molecule has 2 aromatic rings. The quantitative estimate of drug-likeness (QED) is 0.783. The number of rotatable bonds is 2. The molecule has 0 bridgehead atoms. The molecule has 0 aliphatic heterocycles. The summed E-state index contributed by atoms with van der Waals surface area (Å²) >= 11 is 3.27. The summed E-state index contributed by atoms with van der Waals surface area (Å²) < 4.78 is 24.9. The summed E-state index contributed by atoms with van der Waals surface area (Å²) in [6.45, 7) is 0. The molecule has 8 heteroatoms. The Balaban J connectivity index is 2.75. The number of nitriles is 1. The van der Waals surface area contributed by atoms with Gasteiger partial charge < -0.3 is 0 Å². The highest BCUT2D eigenvalue weighted by Gasteiger charge is 2.23. The minimum absolute atomic E-state index is 0.0926. The van der Waals surface area contributed by atoms with Gasteiger partial charge in [0.05, 0.1) is 11.9 Å². The highest BCUT2D eigenvalue weighted by Crippen LogP contribution is 2.24. The summed E-state index contributed by atoms with van der Waals surface area (Å²) in [5.41, 5.74) is 0.398. The van der Waals surface area contributed by atoms with Crippen molar-refractivity contribution < 1.29 is 8.42 Å². The smallest absolute Gasteiger partial charge is 0.220 e. The third-order valence-electron chi connectivity index (χ3n) is 2.13. The van der Waals surface area contributed by atoms with Crippen LogP contribution in [0.5, 0.6) is 0 Å². The van der Waals surface area contributed by atoms with Gasteiger partial charge in [-0.25, -0.2) is 13.1 Å². The molecule has 92 valence electrons. The summed E-state index contributed by atoms with van der Waals surface area (Å²) in [5, 5.41) is 12.4. The monoisotopic (exact) mass is 345 g/mol. The van der Waals surface area contributed by atoms with Crippen molar-refractivity contribution in [2.75, 3.05) is 0 Å². The van der Waals surface area contributed by atoms with E-state index >= 15 is 0 Å². The van der Waals surface area contributed by atoms with Crippen LogP contribution in [0.15, 0.2) is 40.0 Å². The molecule has 1 aromatic heterocycles. The largest absolute Gasteiger partial charge is 0.280 e. The van der Waals surface area contributed by atoms with Crippen LogP contribution in [0.1, 0.15) is 5.56 Å². The minimum atomic E-state index is -4.06. The third-order valence-corrected chi connectivity index (χ3v) is 3.92. The summed E-state index contributed by atoms with van der Waals surface area (Å²) in [5.74, 6) is 0. The Morgan fingerprint density at radius 1 is 1.44 bits per heavy atom. The Kier molecular flexibility index (Phi) is 3.43. The summed E-state index contributed by atoms with van der Waals surface area (Å²) in [4.78, 5) is 0. The standard InChI is InChI=1S/C10H5BrClN3O2S/c11-8-2-1-3-9(4-8)15-10(18(12,16)17)7(5-13)6-14-15/h1-4,6H. The van der Waals surface area contributed by atoms with Crippen LogP contribution >= 0.6 is 26.6 Å². The van der Waals surface area contributed by atoms with Gasteiger partial charge in [0.2, 0.25) is 0 Å². The van der Waals surface area contributed by atoms with Crippen LogP contribution < -0.4 is 0 Å². The molecule has 0 saturated carbocycles. The molecule has 2 rings (SSSR count). The van der Waals surface area contributed by atoms with Crippen molar-refractivity contribution in [3.8, 4) is 11.8 Å². The number of hydrogen-bond acceptors (Lipinski definition) is 4. The van der Waals surface area contributed by atoms with Gasteiger partial charge in [-0.3, -0.25) is 0 Å². The SMILES string of the molecule is N#Cc1cnn(-c2cccc(Br)c2)c1S(=O)(=O)Cl. The van der Waals surface area contributed by atoms with Gasteiger partial charge >= 0.3 is 0 Å². The summed E-state index contributed by atoms with van der Waals surface area (Å²) in [7, 11) is 1.27. The van der Waals surface area contributed by atoms with Gasteiger partial charge in [0.25, 0.3) is 9.05 Å². The lowest BCUT2D eigenvalue weighted by Crippen LogP contribution is -2.05. The zero-order valence-corrected chi connectivity index (χ0v) is 11.9. The predicted octanol–water partition coefficient (Wildman–Crippen LogP) is 2.43. The lowest BCUT2D eigenvalue weighted by Gasteiger charge is -2.05. The maximum atomic E-state index is 11.5. The molecule has 1 aromatic carbocycles. The Morgan fingerprint density at radius 3 is 2.72 bits per heavy atom. The van der Waals surface area contributed by atoms with E-state index in [0.29, 0.717) is 5.69 Å². The molecule has 0 N–H and O–H groups in total. The molecule has 0 saturated heterocycles. The lowest BCUT2D eigenvalue weighted by atomic mass is 10.3. The molecular formula is C10H5BrClN3O2S. The first-order valence-electron chi connectivity index (χ1n) is 4.62. The topological polar surface area (TPSA) is 75.8 Å². The minimum Gasteiger partial charge on any atom is -0.220 e. The van der Waals surface area contributed by atoms with E-state index in [1.807, 2.05) is 0 Å². The van der Waals surface area contributed by atoms with Crippen LogP contribution in [0.3, 0.4) is 0 Å². The first-order valence-corrected chi connectivity index (χ1v) is 7.72. The van der Waals surface area contributed by atoms with E-state index < -0.39 is 9.05 Å². The highest BCUT2D eigenvalue weighted by molar-refractivity contribution is 9.10. The van der Waals surface area contributed by atoms with Crippen LogP contribution in [-0.4, -0.2) is 18.2 Å². The van der Waals surface area contributed by atoms with Gasteiger partial charge in [0.1, 0.15) is 11.6 Å². The molecule has 0 spiro atoms. The fraction of sp³-hybridized carbons (Fsp3) is 0. The normalized spacial score (nSPS) is 11.2. The van der Waals surface area contributed by atoms with Crippen LogP contribution in [0.2, 0.25) is 0 Å². The van der Waals surface area contributed by atoms with Crippen molar-refractivity contribution in [2.24, 2.45) is 0 Å². The van der Waals surface area contributed by atoms with E-state index in [1.165, 1.54) is 0 Å². The van der Waals surface area contributed by atoms with E-state index in [-0.39, 0.29) is 10.6 Å². The Morgan fingerprint density at radius 2 is 2.17 bits per heavy atom. The van der Waals surface area contributed by atoms with Crippen molar-refractivity contribution in [1.82, 2.24) is 9.78 Å². The van der Waals surface area contributed by atoms with E-state index in [1.54, 1.807) is 30.3 Å². The molecule has 0 aliphatic carbocycles. The highest BCUT2D eigenvalue weighted by atomic mass is 79.9. The van der Waals surface area contributed by atoms with Gasteiger partial charge in [-0.2, -0.15) is 10.4 Å². The molecule has 0 fully saturated rings. The molecule has 0 aliphatic rings. The fourth-order valence-electron chi connectivity index (χ4n) is 1.44. The number of hydrogen-bond donors (Lipinski definition) is 0. The molecule has 18 heavy (non-hydrogen) atoms. The maximum Gasteiger partial charge on any atom is 0.280 e. The summed E-state index contributed by atoms with van der Waals surface area (Å²) in [6, 6.07) is 8.58. The number of aromatic nitrogens is 2. The van der Waals surface area contributed by atoms with E-state index in [9.17, 15) is 8.42 Å². The van der Waals surface area contributed by atoms with Crippen molar-refractivity contribution in [1.29, 1.82) is 5.26 Å². The molecular weight excluding hydrogens is 342 g/mol. The Bertz CT molecular complexity index is 749.